The van der Waals surface area contributed by atoms with Crippen molar-refractivity contribution in [3.63, 3.8) is 0 Å². The zero-order valence-electron chi connectivity index (χ0n) is 10.5. The molecule has 4 nitrogen and oxygen atoms in total. The van der Waals surface area contributed by atoms with Gasteiger partial charge < -0.3 is 9.88 Å². The Bertz CT molecular complexity index is 608. The second-order valence-corrected chi connectivity index (χ2v) is 6.07. The van der Waals surface area contributed by atoms with Crippen LogP contribution in [0.1, 0.15) is 30.4 Å². The minimum absolute atomic E-state index is 0.176. The Balaban J connectivity index is 2.25. The van der Waals surface area contributed by atoms with Crippen LogP contribution >= 0.6 is 31.9 Å². The molecule has 0 aromatic carbocycles. The van der Waals surface area contributed by atoms with Crippen LogP contribution < -0.4 is 5.32 Å². The van der Waals surface area contributed by atoms with Crippen molar-refractivity contribution in [2.45, 2.75) is 19.9 Å². The lowest BCUT2D eigenvalue weighted by Crippen LogP contribution is -2.18. The molecule has 0 aliphatic rings. The highest BCUT2D eigenvalue weighted by Crippen LogP contribution is 2.20. The standard InChI is InChI=1S/C13H13Br2N3O/c1-8(2)18-7-9(14)6-10(18)13(19)17-12-5-3-4-11(15)16-12/h3-8H,1-2H3,(H,16,17,19). The summed E-state index contributed by atoms with van der Waals surface area (Å²) in [6.45, 7) is 4.06. The summed E-state index contributed by atoms with van der Waals surface area (Å²) in [5.74, 6) is 0.344. The predicted molar refractivity (Wildman–Crippen MR) is 82.4 cm³/mol. The number of nitrogens with zero attached hydrogens (tertiary/aromatic N) is 2. The van der Waals surface area contributed by atoms with Gasteiger partial charge in [0.2, 0.25) is 0 Å². The first-order valence-corrected chi connectivity index (χ1v) is 7.37. The lowest BCUT2D eigenvalue weighted by Gasteiger charge is -2.12. The molecule has 1 N–H and O–H groups in total. The molecular formula is C13H13Br2N3O. The molecule has 0 radical (unpaired) electrons. The fraction of sp³-hybridized carbons (Fsp3) is 0.231. The van der Waals surface area contributed by atoms with Crippen molar-refractivity contribution in [3.8, 4) is 0 Å². The molecule has 2 aromatic rings. The quantitative estimate of drug-likeness (QED) is 0.802. The second-order valence-electron chi connectivity index (χ2n) is 4.34. The van der Waals surface area contributed by atoms with Gasteiger partial charge in [-0.05, 0) is 63.9 Å². The van der Waals surface area contributed by atoms with E-state index in [1.165, 1.54) is 0 Å². The molecule has 2 aromatic heterocycles. The molecule has 0 saturated heterocycles. The van der Waals surface area contributed by atoms with E-state index < -0.39 is 0 Å². The molecule has 100 valence electrons. The molecule has 2 rings (SSSR count). The van der Waals surface area contributed by atoms with Crippen LogP contribution in [0.4, 0.5) is 5.82 Å². The van der Waals surface area contributed by atoms with E-state index in [2.05, 4.69) is 42.2 Å². The average molecular weight is 387 g/mol. The van der Waals surface area contributed by atoms with E-state index in [0.29, 0.717) is 16.1 Å². The van der Waals surface area contributed by atoms with Gasteiger partial charge in [-0.15, -0.1) is 0 Å². The molecule has 0 atom stereocenters. The van der Waals surface area contributed by atoms with Crippen LogP contribution in [-0.4, -0.2) is 15.5 Å². The molecule has 1 amide bonds. The van der Waals surface area contributed by atoms with Crippen LogP contribution in [0.5, 0.6) is 0 Å². The molecule has 0 unspecified atom stereocenters. The summed E-state index contributed by atoms with van der Waals surface area (Å²) < 4.78 is 3.48. The van der Waals surface area contributed by atoms with Crippen molar-refractivity contribution in [2.24, 2.45) is 0 Å². The number of rotatable bonds is 3. The van der Waals surface area contributed by atoms with Crippen molar-refractivity contribution in [1.29, 1.82) is 0 Å². The number of carbonyl (C=O) groups is 1. The summed E-state index contributed by atoms with van der Waals surface area (Å²) in [6.07, 6.45) is 1.90. The summed E-state index contributed by atoms with van der Waals surface area (Å²) in [7, 11) is 0. The first-order valence-electron chi connectivity index (χ1n) is 5.78. The Hall–Kier alpha value is -1.14. The molecule has 6 heteroatoms. The van der Waals surface area contributed by atoms with E-state index in [4.69, 9.17) is 0 Å². The second kappa shape index (κ2) is 5.88. The van der Waals surface area contributed by atoms with Crippen molar-refractivity contribution < 1.29 is 4.79 Å². The number of amides is 1. The van der Waals surface area contributed by atoms with Gasteiger partial charge in [-0.2, -0.15) is 0 Å². The van der Waals surface area contributed by atoms with E-state index in [1.807, 2.05) is 36.7 Å². The molecule has 0 fully saturated rings. The number of aromatic nitrogens is 2. The highest BCUT2D eigenvalue weighted by atomic mass is 79.9. The first-order chi connectivity index (χ1) is 8.97. The molecule has 0 spiro atoms. The average Bonchev–Trinajstić information content (AvgIpc) is 2.71. The van der Waals surface area contributed by atoms with Gasteiger partial charge in [0.25, 0.3) is 5.91 Å². The Morgan fingerprint density at radius 1 is 1.37 bits per heavy atom. The number of pyridine rings is 1. The van der Waals surface area contributed by atoms with Gasteiger partial charge in [0.15, 0.2) is 0 Å². The molecule has 2 heterocycles. The Kier molecular flexibility index (Phi) is 4.42. The van der Waals surface area contributed by atoms with E-state index in [9.17, 15) is 4.79 Å². The SMILES string of the molecule is CC(C)n1cc(Br)cc1C(=O)Nc1cccc(Br)n1. The van der Waals surface area contributed by atoms with Gasteiger partial charge in [-0.1, -0.05) is 6.07 Å². The summed E-state index contributed by atoms with van der Waals surface area (Å²) in [4.78, 5) is 16.4. The van der Waals surface area contributed by atoms with Crippen molar-refractivity contribution in [3.05, 3.63) is 45.2 Å². The Labute approximate surface area is 128 Å². The minimum atomic E-state index is -0.176. The lowest BCUT2D eigenvalue weighted by atomic mass is 10.3. The van der Waals surface area contributed by atoms with Gasteiger partial charge in [0.05, 0.1) is 0 Å². The monoisotopic (exact) mass is 385 g/mol. The van der Waals surface area contributed by atoms with Gasteiger partial charge in [-0.3, -0.25) is 4.79 Å². The van der Waals surface area contributed by atoms with E-state index >= 15 is 0 Å². The number of anilines is 1. The normalized spacial score (nSPS) is 10.8. The van der Waals surface area contributed by atoms with Crippen LogP contribution in [0, 0.1) is 0 Å². The predicted octanol–water partition coefficient (Wildman–Crippen LogP) is 4.24. The maximum Gasteiger partial charge on any atom is 0.273 e. The fourth-order valence-corrected chi connectivity index (χ4v) is 2.49. The maximum absolute atomic E-state index is 12.3. The highest BCUT2D eigenvalue weighted by Gasteiger charge is 2.15. The maximum atomic E-state index is 12.3. The van der Waals surface area contributed by atoms with Crippen LogP contribution in [0.15, 0.2) is 39.5 Å². The van der Waals surface area contributed by atoms with Crippen LogP contribution in [0.25, 0.3) is 0 Å². The first kappa shape index (κ1) is 14.3. The van der Waals surface area contributed by atoms with E-state index in [0.717, 1.165) is 4.47 Å². The third-order valence-electron chi connectivity index (χ3n) is 2.56. The number of carbonyl (C=O) groups excluding carboxylic acids is 1. The van der Waals surface area contributed by atoms with Gasteiger partial charge in [0, 0.05) is 16.7 Å². The van der Waals surface area contributed by atoms with Crippen molar-refractivity contribution >= 4 is 43.6 Å². The van der Waals surface area contributed by atoms with E-state index in [-0.39, 0.29) is 11.9 Å². The van der Waals surface area contributed by atoms with Crippen molar-refractivity contribution in [2.75, 3.05) is 5.32 Å². The summed E-state index contributed by atoms with van der Waals surface area (Å²) in [6, 6.07) is 7.39. The number of halogens is 2. The highest BCUT2D eigenvalue weighted by molar-refractivity contribution is 9.10. The van der Waals surface area contributed by atoms with Crippen LogP contribution in [0.3, 0.4) is 0 Å². The molecule has 0 bridgehead atoms. The van der Waals surface area contributed by atoms with E-state index in [1.54, 1.807) is 12.1 Å². The third kappa shape index (κ3) is 3.45. The summed E-state index contributed by atoms with van der Waals surface area (Å²) in [5.41, 5.74) is 0.601. The fourth-order valence-electron chi connectivity index (χ4n) is 1.71. The summed E-state index contributed by atoms with van der Waals surface area (Å²) >= 11 is 6.67. The lowest BCUT2D eigenvalue weighted by molar-refractivity contribution is 0.101. The third-order valence-corrected chi connectivity index (χ3v) is 3.44. The number of nitrogens with one attached hydrogen (secondary N) is 1. The largest absolute Gasteiger partial charge is 0.340 e. The summed E-state index contributed by atoms with van der Waals surface area (Å²) in [5, 5.41) is 2.79. The zero-order valence-corrected chi connectivity index (χ0v) is 13.7. The van der Waals surface area contributed by atoms with Crippen LogP contribution in [0.2, 0.25) is 0 Å². The van der Waals surface area contributed by atoms with Crippen molar-refractivity contribution in [1.82, 2.24) is 9.55 Å². The Morgan fingerprint density at radius 2 is 2.11 bits per heavy atom. The number of hydrogen-bond donors (Lipinski definition) is 1. The van der Waals surface area contributed by atoms with Gasteiger partial charge >= 0.3 is 0 Å². The Morgan fingerprint density at radius 3 is 2.74 bits per heavy atom. The van der Waals surface area contributed by atoms with Gasteiger partial charge in [0.1, 0.15) is 16.1 Å². The minimum Gasteiger partial charge on any atom is -0.340 e. The topological polar surface area (TPSA) is 46.9 Å². The molecule has 0 aliphatic heterocycles. The zero-order chi connectivity index (χ0) is 14.0. The molecule has 19 heavy (non-hydrogen) atoms. The number of hydrogen-bond acceptors (Lipinski definition) is 2. The molecular weight excluding hydrogens is 374 g/mol. The van der Waals surface area contributed by atoms with Crippen LogP contribution in [-0.2, 0) is 0 Å². The molecule has 0 saturated carbocycles. The molecule has 0 aliphatic carbocycles. The smallest absolute Gasteiger partial charge is 0.273 e. The van der Waals surface area contributed by atoms with Gasteiger partial charge in [-0.25, -0.2) is 4.98 Å².